The van der Waals surface area contributed by atoms with Gasteiger partial charge in [-0.25, -0.2) is 13.1 Å². The predicted molar refractivity (Wildman–Crippen MR) is 85.2 cm³/mol. The van der Waals surface area contributed by atoms with Gasteiger partial charge in [-0.15, -0.1) is 0 Å². The third-order valence-electron chi connectivity index (χ3n) is 3.07. The Labute approximate surface area is 132 Å². The van der Waals surface area contributed by atoms with Crippen LogP contribution in [0.3, 0.4) is 0 Å². The van der Waals surface area contributed by atoms with Gasteiger partial charge in [0, 0.05) is 23.3 Å². The first-order valence-electron chi connectivity index (χ1n) is 6.44. The second-order valence-corrected chi connectivity index (χ2v) is 7.23. The van der Waals surface area contributed by atoms with Crippen LogP contribution < -0.4 is 10.5 Å². The standard InChI is InChI=1S/C13H17BrN4O2S/c1-3-18-8-12(13(15)16-18)21(19,20)17-9(2)10-4-6-11(14)7-5-10/h4-9,17H,3H2,1-2H3,(H2,15,16)/t9-/m0/s1. The van der Waals surface area contributed by atoms with E-state index in [2.05, 4.69) is 25.8 Å². The maximum absolute atomic E-state index is 12.4. The van der Waals surface area contributed by atoms with Gasteiger partial charge in [-0.3, -0.25) is 4.68 Å². The molecule has 21 heavy (non-hydrogen) atoms. The molecule has 114 valence electrons. The van der Waals surface area contributed by atoms with Crippen molar-refractivity contribution in [3.8, 4) is 0 Å². The molecule has 6 nitrogen and oxygen atoms in total. The number of rotatable bonds is 5. The molecule has 2 aromatic rings. The van der Waals surface area contributed by atoms with Crippen LogP contribution in [0, 0.1) is 0 Å². The van der Waals surface area contributed by atoms with Crippen LogP contribution >= 0.6 is 15.9 Å². The topological polar surface area (TPSA) is 90.0 Å². The van der Waals surface area contributed by atoms with Gasteiger partial charge in [-0.1, -0.05) is 28.1 Å². The third kappa shape index (κ3) is 3.63. The summed E-state index contributed by atoms with van der Waals surface area (Å²) >= 11 is 3.35. The van der Waals surface area contributed by atoms with Gasteiger partial charge in [0.2, 0.25) is 10.0 Å². The lowest BCUT2D eigenvalue weighted by Gasteiger charge is -2.14. The number of hydrogen-bond donors (Lipinski definition) is 2. The number of nitrogen functional groups attached to an aromatic ring is 1. The molecule has 0 saturated heterocycles. The van der Waals surface area contributed by atoms with Crippen molar-refractivity contribution in [1.29, 1.82) is 0 Å². The van der Waals surface area contributed by atoms with Gasteiger partial charge in [-0.2, -0.15) is 5.10 Å². The first-order valence-corrected chi connectivity index (χ1v) is 8.72. The lowest BCUT2D eigenvalue weighted by molar-refractivity contribution is 0.566. The van der Waals surface area contributed by atoms with E-state index < -0.39 is 10.0 Å². The summed E-state index contributed by atoms with van der Waals surface area (Å²) in [5.41, 5.74) is 6.54. The van der Waals surface area contributed by atoms with Crippen LogP contribution in [0.1, 0.15) is 25.5 Å². The molecule has 3 N–H and O–H groups in total. The Morgan fingerprint density at radius 1 is 1.38 bits per heavy atom. The Balaban J connectivity index is 2.24. The molecule has 0 aliphatic rings. The van der Waals surface area contributed by atoms with E-state index >= 15 is 0 Å². The number of sulfonamides is 1. The maximum atomic E-state index is 12.4. The van der Waals surface area contributed by atoms with E-state index in [4.69, 9.17) is 5.73 Å². The molecular weight excluding hydrogens is 356 g/mol. The van der Waals surface area contributed by atoms with Crippen LogP contribution in [0.15, 0.2) is 39.8 Å². The second-order valence-electron chi connectivity index (χ2n) is 4.63. The van der Waals surface area contributed by atoms with E-state index in [1.54, 1.807) is 6.92 Å². The van der Waals surface area contributed by atoms with Crippen LogP contribution in [0.5, 0.6) is 0 Å². The Bertz CT molecular complexity index is 725. The molecule has 0 fully saturated rings. The molecule has 2 rings (SSSR count). The third-order valence-corrected chi connectivity index (χ3v) is 5.16. The summed E-state index contributed by atoms with van der Waals surface area (Å²) in [5.74, 6) is 0.00681. The number of halogens is 1. The monoisotopic (exact) mass is 372 g/mol. The molecule has 1 heterocycles. The minimum absolute atomic E-state index is 0.00681. The van der Waals surface area contributed by atoms with Crippen LogP contribution in [-0.2, 0) is 16.6 Å². The Morgan fingerprint density at radius 2 is 2.00 bits per heavy atom. The molecule has 0 aliphatic carbocycles. The number of aromatic nitrogens is 2. The van der Waals surface area contributed by atoms with Gasteiger partial charge in [0.25, 0.3) is 0 Å². The molecule has 0 spiro atoms. The maximum Gasteiger partial charge on any atom is 0.246 e. The fourth-order valence-electron chi connectivity index (χ4n) is 1.90. The Hall–Kier alpha value is -1.38. The number of nitrogens with one attached hydrogen (secondary N) is 1. The van der Waals surface area contributed by atoms with Crippen LogP contribution in [0.2, 0.25) is 0 Å². The van der Waals surface area contributed by atoms with Gasteiger partial charge in [0.05, 0.1) is 0 Å². The van der Waals surface area contributed by atoms with Gasteiger partial charge >= 0.3 is 0 Å². The minimum atomic E-state index is -3.71. The average Bonchev–Trinajstić information content (AvgIpc) is 2.81. The summed E-state index contributed by atoms with van der Waals surface area (Å²) in [6, 6.07) is 7.08. The highest BCUT2D eigenvalue weighted by atomic mass is 79.9. The fourth-order valence-corrected chi connectivity index (χ4v) is 3.47. The average molecular weight is 373 g/mol. The first kappa shape index (κ1) is 16.0. The highest BCUT2D eigenvalue weighted by molar-refractivity contribution is 9.10. The van der Waals surface area contributed by atoms with Crippen molar-refractivity contribution in [3.63, 3.8) is 0 Å². The van der Waals surface area contributed by atoms with Crippen molar-refractivity contribution in [2.45, 2.75) is 31.3 Å². The van der Waals surface area contributed by atoms with Crippen LogP contribution in [0.4, 0.5) is 5.82 Å². The quantitative estimate of drug-likeness (QED) is 0.842. The summed E-state index contributed by atoms with van der Waals surface area (Å²) in [6.45, 7) is 4.20. The molecular formula is C13H17BrN4O2S. The number of hydrogen-bond acceptors (Lipinski definition) is 4. The summed E-state index contributed by atoms with van der Waals surface area (Å²) in [4.78, 5) is 0.00770. The summed E-state index contributed by atoms with van der Waals surface area (Å²) in [5, 5.41) is 3.96. The van der Waals surface area contributed by atoms with E-state index in [1.807, 2.05) is 31.2 Å². The molecule has 1 aromatic carbocycles. The zero-order valence-corrected chi connectivity index (χ0v) is 14.1. The molecule has 0 saturated carbocycles. The summed E-state index contributed by atoms with van der Waals surface area (Å²) in [7, 11) is -3.71. The zero-order valence-electron chi connectivity index (χ0n) is 11.7. The van der Waals surface area contributed by atoms with E-state index in [0.717, 1.165) is 10.0 Å². The molecule has 0 unspecified atom stereocenters. The summed E-state index contributed by atoms with van der Waals surface area (Å²) in [6.07, 6.45) is 1.44. The van der Waals surface area contributed by atoms with Gasteiger partial charge in [0.1, 0.15) is 4.90 Å². The lowest BCUT2D eigenvalue weighted by Crippen LogP contribution is -2.27. The second kappa shape index (κ2) is 6.17. The largest absolute Gasteiger partial charge is 0.381 e. The molecule has 0 bridgehead atoms. The van der Waals surface area contributed by atoms with Gasteiger partial charge in [0.15, 0.2) is 5.82 Å². The number of benzene rings is 1. The normalized spacial score (nSPS) is 13.3. The van der Waals surface area contributed by atoms with Gasteiger partial charge in [-0.05, 0) is 31.5 Å². The predicted octanol–water partition coefficient (Wildman–Crippen LogP) is 2.29. The summed E-state index contributed by atoms with van der Waals surface area (Å²) < 4.78 is 29.8. The van der Waals surface area contributed by atoms with Crippen molar-refractivity contribution >= 4 is 31.8 Å². The SMILES string of the molecule is CCn1cc(S(=O)(=O)N[C@@H](C)c2ccc(Br)cc2)c(N)n1. The zero-order chi connectivity index (χ0) is 15.6. The molecule has 1 atom stereocenters. The Kier molecular flexibility index (Phi) is 4.70. The van der Waals surface area contributed by atoms with Crippen molar-refractivity contribution in [3.05, 3.63) is 40.5 Å². The molecule has 8 heteroatoms. The molecule has 0 amide bonds. The smallest absolute Gasteiger partial charge is 0.246 e. The van der Waals surface area contributed by atoms with Crippen molar-refractivity contribution in [1.82, 2.24) is 14.5 Å². The van der Waals surface area contributed by atoms with E-state index in [1.165, 1.54) is 10.9 Å². The van der Waals surface area contributed by atoms with Gasteiger partial charge < -0.3 is 5.73 Å². The number of anilines is 1. The minimum Gasteiger partial charge on any atom is -0.381 e. The number of nitrogens with zero attached hydrogens (tertiary/aromatic N) is 2. The van der Waals surface area contributed by atoms with E-state index in [9.17, 15) is 8.42 Å². The molecule has 0 radical (unpaired) electrons. The highest BCUT2D eigenvalue weighted by Gasteiger charge is 2.23. The van der Waals surface area contributed by atoms with Crippen molar-refractivity contribution < 1.29 is 8.42 Å². The van der Waals surface area contributed by atoms with Crippen LogP contribution in [0.25, 0.3) is 0 Å². The Morgan fingerprint density at radius 3 is 2.52 bits per heavy atom. The van der Waals surface area contributed by atoms with E-state index in [-0.39, 0.29) is 16.8 Å². The lowest BCUT2D eigenvalue weighted by atomic mass is 10.1. The first-order chi connectivity index (χ1) is 9.83. The van der Waals surface area contributed by atoms with E-state index in [0.29, 0.717) is 6.54 Å². The molecule has 1 aromatic heterocycles. The number of aryl methyl sites for hydroxylation is 1. The van der Waals surface area contributed by atoms with Crippen molar-refractivity contribution in [2.75, 3.05) is 5.73 Å². The highest BCUT2D eigenvalue weighted by Crippen LogP contribution is 2.21. The fraction of sp³-hybridized carbons (Fsp3) is 0.308. The number of nitrogens with two attached hydrogens (primary N) is 1. The van der Waals surface area contributed by atoms with Crippen molar-refractivity contribution in [2.24, 2.45) is 0 Å². The molecule has 0 aliphatic heterocycles. The van der Waals surface area contributed by atoms with Crippen LogP contribution in [-0.4, -0.2) is 18.2 Å².